The number of benzene rings is 1. The first-order chi connectivity index (χ1) is 9.51. The van der Waals surface area contributed by atoms with Crippen molar-refractivity contribution in [3.05, 3.63) is 33.9 Å². The van der Waals surface area contributed by atoms with Gasteiger partial charge in [-0.25, -0.2) is 0 Å². The van der Waals surface area contributed by atoms with Gasteiger partial charge in [-0.2, -0.15) is 0 Å². The van der Waals surface area contributed by atoms with E-state index >= 15 is 0 Å². The fourth-order valence-corrected chi connectivity index (χ4v) is 1.93. The Labute approximate surface area is 113 Å². The van der Waals surface area contributed by atoms with E-state index < -0.39 is 10.8 Å². The number of nitrogens with two attached hydrogens (primary N) is 1. The molecule has 0 saturated carbocycles. The first-order valence-corrected chi connectivity index (χ1v) is 5.84. The zero-order chi connectivity index (χ0) is 14.7. The summed E-state index contributed by atoms with van der Waals surface area (Å²) in [6, 6.07) is 3.54. The molecule has 0 bridgehead atoms. The average Bonchev–Trinajstić information content (AvgIpc) is 2.83. The molecule has 1 heterocycles. The van der Waals surface area contributed by atoms with E-state index in [4.69, 9.17) is 5.84 Å². The van der Waals surface area contributed by atoms with Crippen LogP contribution in [-0.2, 0) is 4.79 Å². The van der Waals surface area contributed by atoms with Gasteiger partial charge in [0.25, 0.3) is 11.6 Å². The van der Waals surface area contributed by atoms with Gasteiger partial charge in [0.1, 0.15) is 5.69 Å². The summed E-state index contributed by atoms with van der Waals surface area (Å²) in [7, 11) is 0. The number of carbonyl (C=O) groups is 2. The highest BCUT2D eigenvalue weighted by Crippen LogP contribution is 2.24. The van der Waals surface area contributed by atoms with Crippen molar-refractivity contribution in [1.82, 2.24) is 10.6 Å². The highest BCUT2D eigenvalue weighted by Gasteiger charge is 2.24. The molecule has 5 N–H and O–H groups in total. The van der Waals surface area contributed by atoms with Crippen LogP contribution in [0.15, 0.2) is 18.2 Å². The molecule has 1 saturated heterocycles. The van der Waals surface area contributed by atoms with E-state index in [1.165, 1.54) is 18.2 Å². The summed E-state index contributed by atoms with van der Waals surface area (Å²) in [5, 5.41) is 16.0. The number of nitro benzene ring substituents is 1. The van der Waals surface area contributed by atoms with E-state index in [2.05, 4.69) is 16.1 Å². The number of rotatable bonds is 4. The van der Waals surface area contributed by atoms with Crippen molar-refractivity contribution in [2.75, 3.05) is 12.0 Å². The summed E-state index contributed by atoms with van der Waals surface area (Å²) < 4.78 is 0. The van der Waals surface area contributed by atoms with Crippen LogP contribution in [0.2, 0.25) is 0 Å². The number of nitro groups is 1. The number of hydrogen-bond acceptors (Lipinski definition) is 6. The van der Waals surface area contributed by atoms with E-state index in [9.17, 15) is 19.7 Å². The first-order valence-electron chi connectivity index (χ1n) is 5.84. The van der Waals surface area contributed by atoms with Crippen LogP contribution in [0.4, 0.5) is 11.4 Å². The van der Waals surface area contributed by atoms with Gasteiger partial charge in [0, 0.05) is 24.6 Å². The molecule has 0 spiro atoms. The van der Waals surface area contributed by atoms with Crippen LogP contribution in [0.25, 0.3) is 0 Å². The summed E-state index contributed by atoms with van der Waals surface area (Å²) in [5.74, 6) is 4.66. The molecule has 0 radical (unpaired) electrons. The van der Waals surface area contributed by atoms with Gasteiger partial charge in [-0.05, 0) is 12.1 Å². The SMILES string of the molecule is NNc1cc(C(=O)NC2CNC(=O)C2)ccc1[N+](=O)[O-]. The van der Waals surface area contributed by atoms with Crippen molar-refractivity contribution in [2.45, 2.75) is 12.5 Å². The smallest absolute Gasteiger partial charge is 0.293 e. The monoisotopic (exact) mass is 279 g/mol. The minimum atomic E-state index is -0.601. The number of amides is 2. The average molecular weight is 279 g/mol. The second-order valence-electron chi connectivity index (χ2n) is 4.31. The van der Waals surface area contributed by atoms with E-state index in [-0.39, 0.29) is 35.3 Å². The maximum atomic E-state index is 12.0. The van der Waals surface area contributed by atoms with Gasteiger partial charge < -0.3 is 16.1 Å². The Balaban J connectivity index is 2.14. The molecule has 2 rings (SSSR count). The minimum absolute atomic E-state index is 0.0447. The van der Waals surface area contributed by atoms with Crippen LogP contribution in [0, 0.1) is 10.1 Å². The van der Waals surface area contributed by atoms with Gasteiger partial charge in [-0.3, -0.25) is 25.5 Å². The summed E-state index contributed by atoms with van der Waals surface area (Å²) in [4.78, 5) is 33.1. The molecule has 1 aromatic carbocycles. The highest BCUT2D eigenvalue weighted by molar-refractivity contribution is 5.96. The molecule has 9 heteroatoms. The number of anilines is 1. The largest absolute Gasteiger partial charge is 0.354 e. The highest BCUT2D eigenvalue weighted by atomic mass is 16.6. The molecule has 106 valence electrons. The summed E-state index contributed by atoms with van der Waals surface area (Å²) >= 11 is 0. The predicted molar refractivity (Wildman–Crippen MR) is 69.8 cm³/mol. The lowest BCUT2D eigenvalue weighted by Gasteiger charge is -2.11. The Morgan fingerprint density at radius 1 is 1.50 bits per heavy atom. The van der Waals surface area contributed by atoms with Gasteiger partial charge in [-0.1, -0.05) is 0 Å². The zero-order valence-electron chi connectivity index (χ0n) is 10.4. The second kappa shape index (κ2) is 5.53. The van der Waals surface area contributed by atoms with Crippen molar-refractivity contribution < 1.29 is 14.5 Å². The third-order valence-corrected chi connectivity index (χ3v) is 2.92. The van der Waals surface area contributed by atoms with E-state index in [1.54, 1.807) is 0 Å². The number of hydrogen-bond donors (Lipinski definition) is 4. The fraction of sp³-hybridized carbons (Fsp3) is 0.273. The van der Waals surface area contributed by atoms with E-state index in [0.29, 0.717) is 6.54 Å². The molecule has 2 amide bonds. The topological polar surface area (TPSA) is 139 Å². The van der Waals surface area contributed by atoms with Crippen molar-refractivity contribution in [3.63, 3.8) is 0 Å². The fourth-order valence-electron chi connectivity index (χ4n) is 1.93. The van der Waals surface area contributed by atoms with Gasteiger partial charge >= 0.3 is 0 Å². The number of nitrogens with one attached hydrogen (secondary N) is 3. The number of hydrazine groups is 1. The lowest BCUT2D eigenvalue weighted by Crippen LogP contribution is -2.36. The molecule has 9 nitrogen and oxygen atoms in total. The lowest BCUT2D eigenvalue weighted by atomic mass is 10.1. The number of nitrogens with zero attached hydrogens (tertiary/aromatic N) is 1. The Bertz CT molecular complexity index is 574. The summed E-state index contributed by atoms with van der Waals surface area (Å²) in [6.07, 6.45) is 0.223. The van der Waals surface area contributed by atoms with Crippen LogP contribution in [0.1, 0.15) is 16.8 Å². The van der Waals surface area contributed by atoms with E-state index in [0.717, 1.165) is 0 Å². The van der Waals surface area contributed by atoms with Crippen LogP contribution >= 0.6 is 0 Å². The molecule has 1 aliphatic rings. The molecule has 1 unspecified atom stereocenters. The minimum Gasteiger partial charge on any atom is -0.354 e. The Kier molecular flexibility index (Phi) is 3.80. The molecular formula is C11H13N5O4. The summed E-state index contributed by atoms with van der Waals surface area (Å²) in [6.45, 7) is 0.375. The molecule has 20 heavy (non-hydrogen) atoms. The zero-order valence-corrected chi connectivity index (χ0v) is 10.4. The van der Waals surface area contributed by atoms with Crippen LogP contribution in [0.3, 0.4) is 0 Å². The Morgan fingerprint density at radius 3 is 2.80 bits per heavy atom. The summed E-state index contributed by atoms with van der Waals surface area (Å²) in [5.41, 5.74) is 2.23. The Hall–Kier alpha value is -2.68. The maximum absolute atomic E-state index is 12.0. The van der Waals surface area contributed by atoms with E-state index in [1.807, 2.05) is 0 Å². The molecule has 1 atom stereocenters. The van der Waals surface area contributed by atoms with Gasteiger partial charge in [0.15, 0.2) is 0 Å². The Morgan fingerprint density at radius 2 is 2.25 bits per heavy atom. The molecule has 1 fully saturated rings. The lowest BCUT2D eigenvalue weighted by molar-refractivity contribution is -0.384. The molecular weight excluding hydrogens is 266 g/mol. The molecule has 1 aliphatic heterocycles. The normalized spacial score (nSPS) is 17.4. The number of nitrogen functional groups attached to an aromatic ring is 1. The molecule has 1 aromatic rings. The van der Waals surface area contributed by atoms with Gasteiger partial charge in [0.05, 0.1) is 11.0 Å². The predicted octanol–water partition coefficient (Wildman–Crippen LogP) is -0.501. The standard InChI is InChI=1S/C11H13N5O4/c12-15-8-3-6(1-2-9(8)16(19)20)11(18)14-7-4-10(17)13-5-7/h1-3,7,15H,4-5,12H2,(H,13,17)(H,14,18). The van der Waals surface area contributed by atoms with Crippen LogP contribution in [-0.4, -0.2) is 29.3 Å². The van der Waals surface area contributed by atoms with Crippen LogP contribution < -0.4 is 21.9 Å². The van der Waals surface area contributed by atoms with Gasteiger partial charge in [-0.15, -0.1) is 0 Å². The quantitative estimate of drug-likeness (QED) is 0.333. The van der Waals surface area contributed by atoms with Crippen molar-refractivity contribution in [1.29, 1.82) is 0 Å². The molecule has 0 aromatic heterocycles. The van der Waals surface area contributed by atoms with Crippen molar-refractivity contribution in [2.24, 2.45) is 5.84 Å². The third kappa shape index (κ3) is 2.83. The van der Waals surface area contributed by atoms with Crippen LogP contribution in [0.5, 0.6) is 0 Å². The van der Waals surface area contributed by atoms with Crippen molar-refractivity contribution in [3.8, 4) is 0 Å². The molecule has 0 aliphatic carbocycles. The first kappa shape index (κ1) is 13.7. The van der Waals surface area contributed by atoms with Gasteiger partial charge in [0.2, 0.25) is 5.91 Å². The maximum Gasteiger partial charge on any atom is 0.293 e. The van der Waals surface area contributed by atoms with Crippen molar-refractivity contribution >= 4 is 23.2 Å². The second-order valence-corrected chi connectivity index (χ2v) is 4.31. The third-order valence-electron chi connectivity index (χ3n) is 2.92. The number of carbonyl (C=O) groups excluding carboxylic acids is 2.